The quantitative estimate of drug-likeness (QED) is 0.166. The Kier molecular flexibility index (Phi) is 9.12. The first-order valence-electron chi connectivity index (χ1n) is 15.5. The zero-order valence-electron chi connectivity index (χ0n) is 27.2. The van der Waals surface area contributed by atoms with Gasteiger partial charge in [-0.05, 0) is 82.2 Å². The number of thiazole rings is 1. The van der Waals surface area contributed by atoms with E-state index >= 15 is 0 Å². The summed E-state index contributed by atoms with van der Waals surface area (Å²) in [6, 6.07) is 20.7. The van der Waals surface area contributed by atoms with Crippen molar-refractivity contribution in [2.45, 2.75) is 53.3 Å². The number of esters is 1. The minimum Gasteiger partial charge on any atom is -0.493 e. The van der Waals surface area contributed by atoms with Gasteiger partial charge in [-0.3, -0.25) is 9.36 Å². The second-order valence-electron chi connectivity index (χ2n) is 11.6. The van der Waals surface area contributed by atoms with Gasteiger partial charge in [-0.25, -0.2) is 9.79 Å². The summed E-state index contributed by atoms with van der Waals surface area (Å²) in [5.74, 6) is 0.554. The molecule has 0 fully saturated rings. The molecule has 1 aliphatic heterocycles. The van der Waals surface area contributed by atoms with Gasteiger partial charge < -0.3 is 18.8 Å². The van der Waals surface area contributed by atoms with Crippen molar-refractivity contribution in [3.63, 3.8) is 0 Å². The summed E-state index contributed by atoms with van der Waals surface area (Å²) >= 11 is 7.44. The number of allylic oxidation sites excluding steroid dienone is 1. The lowest BCUT2D eigenvalue weighted by Gasteiger charge is -2.25. The van der Waals surface area contributed by atoms with E-state index in [0.29, 0.717) is 49.2 Å². The maximum absolute atomic E-state index is 14.4. The molecule has 0 amide bonds. The molecule has 0 spiro atoms. The zero-order chi connectivity index (χ0) is 33.4. The van der Waals surface area contributed by atoms with Crippen LogP contribution >= 0.6 is 22.9 Å². The van der Waals surface area contributed by atoms with E-state index in [1.54, 1.807) is 31.6 Å². The summed E-state index contributed by atoms with van der Waals surface area (Å²) in [4.78, 5) is 33.1. The Morgan fingerprint density at radius 1 is 1.06 bits per heavy atom. The van der Waals surface area contributed by atoms with Crippen molar-refractivity contribution in [1.82, 2.24) is 9.13 Å². The summed E-state index contributed by atoms with van der Waals surface area (Å²) in [5.41, 5.74) is 5.40. The number of methoxy groups -OCH3 is 1. The van der Waals surface area contributed by atoms with E-state index in [1.165, 1.54) is 11.3 Å². The van der Waals surface area contributed by atoms with Crippen molar-refractivity contribution >= 4 is 45.9 Å². The minimum atomic E-state index is -0.776. The first kappa shape index (κ1) is 32.3. The number of rotatable bonds is 9. The number of fused-ring (bicyclic) bond motifs is 2. The van der Waals surface area contributed by atoms with Crippen LogP contribution in [-0.2, 0) is 16.1 Å². The summed E-state index contributed by atoms with van der Waals surface area (Å²) in [6.07, 6.45) is 1.88. The Bertz CT molecular complexity index is 2210. The molecule has 5 aromatic rings. The Labute approximate surface area is 281 Å². The van der Waals surface area contributed by atoms with Crippen molar-refractivity contribution in [1.29, 1.82) is 0 Å². The third kappa shape index (κ3) is 6.13. The first-order chi connectivity index (χ1) is 22.6. The molecule has 3 aromatic carbocycles. The molecule has 1 aliphatic rings. The first-order valence-corrected chi connectivity index (χ1v) is 16.7. The average Bonchev–Trinajstić information content (AvgIpc) is 3.49. The number of nitrogens with zero attached hydrogens (tertiary/aromatic N) is 3. The normalized spacial score (nSPS) is 14.8. The van der Waals surface area contributed by atoms with E-state index in [2.05, 4.69) is 23.6 Å². The minimum absolute atomic E-state index is 0.0646. The van der Waals surface area contributed by atoms with Crippen LogP contribution in [0.25, 0.3) is 17.0 Å². The van der Waals surface area contributed by atoms with E-state index in [9.17, 15) is 9.59 Å². The van der Waals surface area contributed by atoms with Gasteiger partial charge in [-0.1, -0.05) is 59.3 Å². The van der Waals surface area contributed by atoms with Gasteiger partial charge in [-0.2, -0.15) is 0 Å². The van der Waals surface area contributed by atoms with E-state index in [4.69, 9.17) is 30.8 Å². The topological polar surface area (TPSA) is 84.1 Å². The smallest absolute Gasteiger partial charge is 0.338 e. The highest BCUT2D eigenvalue weighted by atomic mass is 35.5. The van der Waals surface area contributed by atoms with Crippen LogP contribution in [0.1, 0.15) is 56.1 Å². The second kappa shape index (κ2) is 13.3. The molecule has 0 N–H and O–H groups in total. The van der Waals surface area contributed by atoms with E-state index in [-0.39, 0.29) is 18.3 Å². The Morgan fingerprint density at radius 3 is 2.51 bits per heavy atom. The lowest BCUT2D eigenvalue weighted by molar-refractivity contribution is -0.139. The Hall–Kier alpha value is -4.60. The molecule has 6 rings (SSSR count). The van der Waals surface area contributed by atoms with Gasteiger partial charge in [0.1, 0.15) is 0 Å². The maximum Gasteiger partial charge on any atom is 0.338 e. The van der Waals surface area contributed by atoms with Crippen molar-refractivity contribution < 1.29 is 19.0 Å². The second-order valence-corrected chi connectivity index (χ2v) is 13.1. The third-order valence-corrected chi connectivity index (χ3v) is 9.43. The van der Waals surface area contributed by atoms with Crippen molar-refractivity contribution in [2.75, 3.05) is 13.7 Å². The molecule has 3 heterocycles. The average molecular weight is 670 g/mol. The van der Waals surface area contributed by atoms with Crippen LogP contribution in [-0.4, -0.2) is 34.9 Å². The van der Waals surface area contributed by atoms with Crippen LogP contribution in [0, 0.1) is 6.92 Å². The van der Waals surface area contributed by atoms with E-state index < -0.39 is 12.0 Å². The molecule has 0 saturated carbocycles. The van der Waals surface area contributed by atoms with Crippen LogP contribution in [0.5, 0.6) is 11.5 Å². The number of hydrogen-bond donors (Lipinski definition) is 0. The van der Waals surface area contributed by atoms with E-state index in [1.807, 2.05) is 68.5 Å². The van der Waals surface area contributed by atoms with Gasteiger partial charge in [0.05, 0.1) is 41.7 Å². The number of carbonyl (C=O) groups excluding carboxylic acids is 1. The molecule has 47 heavy (non-hydrogen) atoms. The number of hydrogen-bond acceptors (Lipinski definition) is 7. The molecule has 0 saturated heterocycles. The molecule has 1 atom stereocenters. The van der Waals surface area contributed by atoms with Crippen LogP contribution in [0.15, 0.2) is 87.8 Å². The number of halogens is 1. The lowest BCUT2D eigenvalue weighted by atomic mass is 9.95. The fourth-order valence-corrected chi connectivity index (χ4v) is 7.21. The van der Waals surface area contributed by atoms with Crippen LogP contribution < -0.4 is 24.4 Å². The Morgan fingerprint density at radius 2 is 1.81 bits per heavy atom. The standard InChI is InChI=1S/C37H36ClN3O5S/c1-7-45-36(43)33-22(4)39-37-41(34(33)25-14-17-30(46-21(2)3)31(18-25)44-6)35(42)32(47-37)19-28-23(5)40(29-11-9-8-10-27(28)29)20-24-12-15-26(38)16-13-24/h8-19,21,34H,7,20H2,1-6H3/b32-19-/t34-/m0/s1. The summed E-state index contributed by atoms with van der Waals surface area (Å²) in [7, 11) is 1.57. The van der Waals surface area contributed by atoms with Crippen molar-refractivity contribution in [2.24, 2.45) is 4.99 Å². The third-order valence-electron chi connectivity index (χ3n) is 8.19. The van der Waals surface area contributed by atoms with Crippen LogP contribution in [0.3, 0.4) is 0 Å². The van der Waals surface area contributed by atoms with Gasteiger partial charge in [-0.15, -0.1) is 0 Å². The highest BCUT2D eigenvalue weighted by Gasteiger charge is 2.34. The number of benzene rings is 3. The number of para-hydroxylation sites is 1. The molecule has 10 heteroatoms. The van der Waals surface area contributed by atoms with Gasteiger partial charge in [0, 0.05) is 33.7 Å². The molecule has 0 radical (unpaired) electrons. The number of aromatic nitrogens is 2. The monoisotopic (exact) mass is 669 g/mol. The van der Waals surface area contributed by atoms with Crippen LogP contribution in [0.2, 0.25) is 5.02 Å². The lowest BCUT2D eigenvalue weighted by Crippen LogP contribution is -2.40. The van der Waals surface area contributed by atoms with Gasteiger partial charge in [0.15, 0.2) is 16.3 Å². The van der Waals surface area contributed by atoms with Crippen LogP contribution in [0.4, 0.5) is 0 Å². The fourth-order valence-electron chi connectivity index (χ4n) is 6.06. The van der Waals surface area contributed by atoms with Gasteiger partial charge in [0.2, 0.25) is 0 Å². The molecule has 8 nitrogen and oxygen atoms in total. The zero-order valence-corrected chi connectivity index (χ0v) is 28.7. The molecule has 2 aromatic heterocycles. The van der Waals surface area contributed by atoms with Crippen molar-refractivity contribution in [3.05, 3.63) is 125 Å². The molecular weight excluding hydrogens is 634 g/mol. The molecule has 0 unspecified atom stereocenters. The predicted molar refractivity (Wildman–Crippen MR) is 186 cm³/mol. The summed E-state index contributed by atoms with van der Waals surface area (Å²) in [5, 5.41) is 1.73. The SMILES string of the molecule is CCOC(=O)C1=C(C)N=c2s/c(=C\c3c(C)n(Cc4ccc(Cl)cc4)c4ccccc34)c(=O)n2[C@H]1c1ccc(OC(C)C)c(OC)c1. The Balaban J connectivity index is 1.53. The van der Waals surface area contributed by atoms with Gasteiger partial charge in [0.25, 0.3) is 5.56 Å². The predicted octanol–water partition coefficient (Wildman–Crippen LogP) is 6.56. The molecule has 0 bridgehead atoms. The maximum atomic E-state index is 14.4. The number of ether oxygens (including phenoxy) is 3. The molecule has 242 valence electrons. The molecule has 0 aliphatic carbocycles. The summed E-state index contributed by atoms with van der Waals surface area (Å²) in [6.45, 7) is 10.3. The summed E-state index contributed by atoms with van der Waals surface area (Å²) < 4.78 is 21.4. The molecular formula is C37H36ClN3O5S. The highest BCUT2D eigenvalue weighted by molar-refractivity contribution is 7.07. The fraction of sp³-hybridized carbons (Fsp3) is 0.270. The van der Waals surface area contributed by atoms with E-state index in [0.717, 1.165) is 27.7 Å². The largest absolute Gasteiger partial charge is 0.493 e. The van der Waals surface area contributed by atoms with Crippen molar-refractivity contribution in [3.8, 4) is 11.5 Å². The van der Waals surface area contributed by atoms with Gasteiger partial charge >= 0.3 is 5.97 Å². The highest BCUT2D eigenvalue weighted by Crippen LogP contribution is 2.37. The number of carbonyl (C=O) groups is 1.